The van der Waals surface area contributed by atoms with Crippen molar-refractivity contribution in [2.75, 3.05) is 0 Å². The number of aliphatic hydroxyl groups excluding tert-OH is 1. The Morgan fingerprint density at radius 1 is 1.37 bits per heavy atom. The summed E-state index contributed by atoms with van der Waals surface area (Å²) in [4.78, 5) is 0. The fourth-order valence-corrected chi connectivity index (χ4v) is 3.92. The number of fused-ring (bicyclic) bond motifs is 2. The van der Waals surface area contributed by atoms with Gasteiger partial charge in [-0.15, -0.1) is 6.58 Å². The van der Waals surface area contributed by atoms with Gasteiger partial charge in [0.05, 0.1) is 6.10 Å². The molecule has 3 unspecified atom stereocenters. The van der Waals surface area contributed by atoms with Crippen molar-refractivity contribution < 1.29 is 5.11 Å². The minimum Gasteiger partial charge on any atom is -0.385 e. The molecule has 0 amide bonds. The maximum Gasteiger partial charge on any atom is 0.0940 e. The Labute approximate surface area is 115 Å². The van der Waals surface area contributed by atoms with Crippen molar-refractivity contribution in [3.8, 4) is 0 Å². The van der Waals surface area contributed by atoms with Crippen LogP contribution in [0.5, 0.6) is 0 Å². The summed E-state index contributed by atoms with van der Waals surface area (Å²) >= 11 is 0. The third-order valence-corrected chi connectivity index (χ3v) is 4.66. The van der Waals surface area contributed by atoms with E-state index in [1.807, 2.05) is 6.07 Å². The zero-order valence-electron chi connectivity index (χ0n) is 11.4. The summed E-state index contributed by atoms with van der Waals surface area (Å²) in [6.45, 7) is 10.2. The van der Waals surface area contributed by atoms with Crippen LogP contribution in [0.2, 0.25) is 0 Å². The molecule has 0 aliphatic heterocycles. The van der Waals surface area contributed by atoms with E-state index in [9.17, 15) is 5.11 Å². The van der Waals surface area contributed by atoms with Gasteiger partial charge in [-0.3, -0.25) is 0 Å². The zero-order chi connectivity index (χ0) is 13.6. The molecule has 3 rings (SSSR count). The summed E-state index contributed by atoms with van der Waals surface area (Å²) in [5.41, 5.74) is 5.02. The van der Waals surface area contributed by atoms with Crippen molar-refractivity contribution in [2.45, 2.75) is 25.9 Å². The van der Waals surface area contributed by atoms with E-state index < -0.39 is 6.10 Å². The highest BCUT2D eigenvalue weighted by Gasteiger charge is 2.51. The highest BCUT2D eigenvalue weighted by atomic mass is 16.3. The molecule has 1 nitrogen and oxygen atoms in total. The summed E-state index contributed by atoms with van der Waals surface area (Å²) in [6, 6.07) is 10.4. The van der Waals surface area contributed by atoms with Crippen molar-refractivity contribution in [2.24, 2.45) is 11.3 Å². The second-order valence-corrected chi connectivity index (χ2v) is 6.03. The molecule has 2 bridgehead atoms. The van der Waals surface area contributed by atoms with Crippen LogP contribution in [0.25, 0.3) is 5.57 Å². The largest absolute Gasteiger partial charge is 0.385 e. The third kappa shape index (κ3) is 1.73. The first-order valence-corrected chi connectivity index (χ1v) is 6.85. The average Bonchev–Trinajstić information content (AvgIpc) is 2.87. The van der Waals surface area contributed by atoms with Crippen LogP contribution < -0.4 is 0 Å². The molecule has 1 N–H and O–H groups in total. The highest BCUT2D eigenvalue weighted by Crippen LogP contribution is 2.62. The molecule has 1 aromatic carbocycles. The lowest BCUT2D eigenvalue weighted by molar-refractivity contribution is 0.225. The molecule has 0 heterocycles. The summed E-state index contributed by atoms with van der Waals surface area (Å²) < 4.78 is 0. The van der Waals surface area contributed by atoms with Gasteiger partial charge in [-0.05, 0) is 35.0 Å². The second kappa shape index (κ2) is 4.21. The van der Waals surface area contributed by atoms with Gasteiger partial charge in [0, 0.05) is 5.92 Å². The smallest absolute Gasteiger partial charge is 0.0940 e. The molecule has 19 heavy (non-hydrogen) atoms. The van der Waals surface area contributed by atoms with Crippen molar-refractivity contribution in [1.29, 1.82) is 0 Å². The van der Waals surface area contributed by atoms with E-state index in [2.05, 4.69) is 44.3 Å². The Hall–Kier alpha value is -1.60. The van der Waals surface area contributed by atoms with Crippen molar-refractivity contribution >= 4 is 5.57 Å². The topological polar surface area (TPSA) is 20.2 Å². The number of aliphatic hydroxyl groups is 1. The van der Waals surface area contributed by atoms with Gasteiger partial charge in [0.25, 0.3) is 0 Å². The third-order valence-electron chi connectivity index (χ3n) is 4.66. The summed E-state index contributed by atoms with van der Waals surface area (Å²) in [7, 11) is 0. The molecule has 1 aromatic rings. The number of benzene rings is 1. The maximum atomic E-state index is 10.4. The van der Waals surface area contributed by atoms with Crippen LogP contribution >= 0.6 is 0 Å². The van der Waals surface area contributed by atoms with Gasteiger partial charge < -0.3 is 5.11 Å². The summed E-state index contributed by atoms with van der Waals surface area (Å²) in [5, 5.41) is 10.4. The van der Waals surface area contributed by atoms with E-state index in [1.165, 1.54) is 16.7 Å². The number of allylic oxidation sites excluding steroid dienone is 2. The van der Waals surface area contributed by atoms with Crippen molar-refractivity contribution in [1.82, 2.24) is 0 Å². The van der Waals surface area contributed by atoms with E-state index in [1.54, 1.807) is 6.08 Å². The molecule has 98 valence electrons. The summed E-state index contributed by atoms with van der Waals surface area (Å²) in [6.07, 6.45) is 3.18. The second-order valence-electron chi connectivity index (χ2n) is 6.03. The van der Waals surface area contributed by atoms with Crippen LogP contribution in [0, 0.1) is 11.3 Å². The first-order chi connectivity index (χ1) is 9.07. The minimum atomic E-state index is -0.543. The lowest BCUT2D eigenvalue weighted by Crippen LogP contribution is -2.23. The van der Waals surface area contributed by atoms with Crippen LogP contribution in [-0.4, -0.2) is 11.2 Å². The van der Waals surface area contributed by atoms with Crippen LogP contribution in [0.1, 0.15) is 25.3 Å². The normalized spacial score (nSPS) is 30.8. The molecule has 2 aliphatic carbocycles. The maximum absolute atomic E-state index is 10.4. The first-order valence-electron chi connectivity index (χ1n) is 6.85. The lowest BCUT2D eigenvalue weighted by atomic mass is 9.75. The van der Waals surface area contributed by atoms with Crippen molar-refractivity contribution in [3.63, 3.8) is 0 Å². The van der Waals surface area contributed by atoms with Gasteiger partial charge >= 0.3 is 0 Å². The Bertz CT molecular complexity index is 567. The Morgan fingerprint density at radius 3 is 2.68 bits per heavy atom. The van der Waals surface area contributed by atoms with Crippen LogP contribution in [0.3, 0.4) is 0 Å². The van der Waals surface area contributed by atoms with Crippen LogP contribution in [-0.2, 0) is 0 Å². The van der Waals surface area contributed by atoms with E-state index >= 15 is 0 Å². The molecule has 2 aliphatic rings. The van der Waals surface area contributed by atoms with Crippen LogP contribution in [0.15, 0.2) is 60.7 Å². The predicted molar refractivity (Wildman–Crippen MR) is 79.5 cm³/mol. The summed E-state index contributed by atoms with van der Waals surface area (Å²) in [5.74, 6) is 0.400. The Kier molecular flexibility index (Phi) is 2.75. The Morgan fingerprint density at radius 2 is 2.05 bits per heavy atom. The van der Waals surface area contributed by atoms with Crippen molar-refractivity contribution in [3.05, 3.63) is 66.3 Å². The van der Waals surface area contributed by atoms with Gasteiger partial charge in [-0.1, -0.05) is 55.5 Å². The van der Waals surface area contributed by atoms with E-state index in [4.69, 9.17) is 0 Å². The van der Waals surface area contributed by atoms with Gasteiger partial charge in [0.1, 0.15) is 0 Å². The monoisotopic (exact) mass is 252 g/mol. The molecule has 1 heteroatoms. The molecule has 0 spiro atoms. The molecule has 1 fully saturated rings. The lowest BCUT2D eigenvalue weighted by Gasteiger charge is -2.31. The SMILES string of the molecule is C=CC(O)C1=C(c2ccccc2)C2CC1(C)CC2=C. The number of hydrogen-bond donors (Lipinski definition) is 1. The molecule has 3 atom stereocenters. The fraction of sp³-hybridized carbons (Fsp3) is 0.333. The van der Waals surface area contributed by atoms with Crippen LogP contribution in [0.4, 0.5) is 0 Å². The molecular formula is C18H20O. The van der Waals surface area contributed by atoms with Gasteiger partial charge in [0.15, 0.2) is 0 Å². The molecule has 0 aromatic heterocycles. The van der Waals surface area contributed by atoms with Gasteiger partial charge in [0.2, 0.25) is 0 Å². The standard InChI is InChI=1S/C18H20O/c1-4-15(19)17-16(13-8-6-5-7-9-13)14-11-18(17,3)10-12(14)2/h4-9,14-15,19H,1-2,10-11H2,3H3. The molecular weight excluding hydrogens is 232 g/mol. The molecule has 0 saturated heterocycles. The van der Waals surface area contributed by atoms with Gasteiger partial charge in [-0.25, -0.2) is 0 Å². The fourth-order valence-electron chi connectivity index (χ4n) is 3.92. The zero-order valence-corrected chi connectivity index (χ0v) is 11.4. The van der Waals surface area contributed by atoms with E-state index in [0.29, 0.717) is 5.92 Å². The first kappa shape index (κ1) is 12.4. The molecule has 0 radical (unpaired) electrons. The van der Waals surface area contributed by atoms with Gasteiger partial charge in [-0.2, -0.15) is 0 Å². The van der Waals surface area contributed by atoms with E-state index in [0.717, 1.165) is 18.4 Å². The van der Waals surface area contributed by atoms with E-state index in [-0.39, 0.29) is 5.41 Å². The number of rotatable bonds is 3. The molecule has 1 saturated carbocycles. The Balaban J connectivity index is 2.21. The highest BCUT2D eigenvalue weighted by molar-refractivity contribution is 5.79. The quantitative estimate of drug-likeness (QED) is 0.807. The minimum absolute atomic E-state index is 0.0561. The number of hydrogen-bond acceptors (Lipinski definition) is 1. The predicted octanol–water partition coefficient (Wildman–Crippen LogP) is 3.97. The average molecular weight is 252 g/mol.